The average molecular weight is 263 g/mol. The Morgan fingerprint density at radius 1 is 1.20 bits per heavy atom. The zero-order valence-electron chi connectivity index (χ0n) is 11.4. The van der Waals surface area contributed by atoms with Gasteiger partial charge in [0.05, 0.1) is 17.5 Å². The minimum atomic E-state index is 0.381. The standard InChI is InChI=1S/C17H17N3/c18-9-8-15-11-16-17(7-4-10-19-16)20(13-15)12-14-5-2-1-3-6-14/h1-7,10,15H,8,11-13H2. The van der Waals surface area contributed by atoms with Crippen LogP contribution in [-0.4, -0.2) is 11.5 Å². The molecule has 0 radical (unpaired) electrons. The molecule has 0 fully saturated rings. The maximum atomic E-state index is 8.95. The second-order valence-electron chi connectivity index (χ2n) is 5.27. The van der Waals surface area contributed by atoms with Gasteiger partial charge in [-0.15, -0.1) is 0 Å². The minimum absolute atomic E-state index is 0.381. The molecule has 100 valence electrons. The van der Waals surface area contributed by atoms with Crippen LogP contribution in [0.4, 0.5) is 5.69 Å². The highest BCUT2D eigenvalue weighted by Gasteiger charge is 2.24. The molecular weight excluding hydrogens is 246 g/mol. The van der Waals surface area contributed by atoms with E-state index in [1.807, 2.05) is 18.3 Å². The summed E-state index contributed by atoms with van der Waals surface area (Å²) in [4.78, 5) is 6.84. The summed E-state index contributed by atoms with van der Waals surface area (Å²) in [7, 11) is 0. The van der Waals surface area contributed by atoms with Gasteiger partial charge in [-0.05, 0) is 30.0 Å². The summed E-state index contributed by atoms with van der Waals surface area (Å²) in [5, 5.41) is 8.95. The number of rotatable bonds is 3. The van der Waals surface area contributed by atoms with Gasteiger partial charge in [-0.1, -0.05) is 30.3 Å². The molecule has 1 aromatic carbocycles. The van der Waals surface area contributed by atoms with Crippen LogP contribution in [0, 0.1) is 17.2 Å². The van der Waals surface area contributed by atoms with Crippen LogP contribution < -0.4 is 4.90 Å². The first-order chi connectivity index (χ1) is 9.86. The molecule has 3 nitrogen and oxygen atoms in total. The molecule has 1 aliphatic heterocycles. The lowest BCUT2D eigenvalue weighted by atomic mass is 9.93. The molecule has 1 aromatic heterocycles. The number of nitriles is 1. The topological polar surface area (TPSA) is 39.9 Å². The van der Waals surface area contributed by atoms with Crippen LogP contribution in [0.15, 0.2) is 48.7 Å². The number of pyridine rings is 1. The van der Waals surface area contributed by atoms with Crippen molar-refractivity contribution in [2.45, 2.75) is 19.4 Å². The minimum Gasteiger partial charge on any atom is -0.365 e. The molecule has 0 N–H and O–H groups in total. The highest BCUT2D eigenvalue weighted by atomic mass is 15.1. The molecule has 1 unspecified atom stereocenters. The first kappa shape index (κ1) is 12.7. The van der Waals surface area contributed by atoms with Crippen LogP contribution in [0.5, 0.6) is 0 Å². The lowest BCUT2D eigenvalue weighted by Crippen LogP contribution is -2.35. The van der Waals surface area contributed by atoms with Gasteiger partial charge in [-0.2, -0.15) is 5.26 Å². The molecule has 20 heavy (non-hydrogen) atoms. The molecule has 1 atom stereocenters. The molecule has 0 spiro atoms. The van der Waals surface area contributed by atoms with Gasteiger partial charge in [0.25, 0.3) is 0 Å². The van der Waals surface area contributed by atoms with Crippen molar-refractivity contribution in [1.29, 1.82) is 5.26 Å². The van der Waals surface area contributed by atoms with E-state index in [1.54, 1.807) is 0 Å². The largest absolute Gasteiger partial charge is 0.365 e. The van der Waals surface area contributed by atoms with Gasteiger partial charge in [0, 0.05) is 25.7 Å². The first-order valence-electron chi connectivity index (χ1n) is 6.96. The Bertz CT molecular complexity index is 616. The fourth-order valence-corrected chi connectivity index (χ4v) is 2.84. The molecule has 0 amide bonds. The second kappa shape index (κ2) is 5.75. The van der Waals surface area contributed by atoms with Crippen molar-refractivity contribution in [3.05, 3.63) is 59.9 Å². The smallest absolute Gasteiger partial charge is 0.0640 e. The van der Waals surface area contributed by atoms with Crippen molar-refractivity contribution >= 4 is 5.69 Å². The van der Waals surface area contributed by atoms with E-state index in [-0.39, 0.29) is 0 Å². The maximum Gasteiger partial charge on any atom is 0.0640 e. The molecule has 2 aromatic rings. The van der Waals surface area contributed by atoms with Crippen LogP contribution in [0.3, 0.4) is 0 Å². The lowest BCUT2D eigenvalue weighted by Gasteiger charge is -2.34. The number of benzene rings is 1. The van der Waals surface area contributed by atoms with Crippen LogP contribution in [-0.2, 0) is 13.0 Å². The van der Waals surface area contributed by atoms with Crippen LogP contribution in [0.25, 0.3) is 0 Å². The van der Waals surface area contributed by atoms with Crippen molar-refractivity contribution in [3.63, 3.8) is 0 Å². The number of fused-ring (bicyclic) bond motifs is 1. The van der Waals surface area contributed by atoms with Crippen molar-refractivity contribution in [2.75, 3.05) is 11.4 Å². The molecule has 0 aliphatic carbocycles. The van der Waals surface area contributed by atoms with Crippen molar-refractivity contribution < 1.29 is 0 Å². The molecule has 3 rings (SSSR count). The normalized spacial score (nSPS) is 17.4. The molecule has 1 aliphatic rings. The Morgan fingerprint density at radius 3 is 2.85 bits per heavy atom. The van der Waals surface area contributed by atoms with E-state index >= 15 is 0 Å². The van der Waals surface area contributed by atoms with Gasteiger partial charge < -0.3 is 4.90 Å². The Hall–Kier alpha value is -2.34. The highest BCUT2D eigenvalue weighted by molar-refractivity contribution is 5.53. The summed E-state index contributed by atoms with van der Waals surface area (Å²) in [5.41, 5.74) is 3.63. The molecule has 0 bridgehead atoms. The first-order valence-corrected chi connectivity index (χ1v) is 6.96. The number of hydrogen-bond acceptors (Lipinski definition) is 3. The molecule has 0 saturated carbocycles. The molecule has 2 heterocycles. The summed E-state index contributed by atoms with van der Waals surface area (Å²) in [6.45, 7) is 1.81. The Balaban J connectivity index is 1.87. The fraction of sp³-hybridized carbons (Fsp3) is 0.294. The molecule has 0 saturated heterocycles. The summed E-state index contributed by atoms with van der Waals surface area (Å²) in [6.07, 6.45) is 3.35. The van der Waals surface area contributed by atoms with E-state index in [0.717, 1.165) is 25.2 Å². The van der Waals surface area contributed by atoms with E-state index in [9.17, 15) is 0 Å². The van der Waals surface area contributed by atoms with Crippen molar-refractivity contribution in [3.8, 4) is 6.07 Å². The lowest BCUT2D eigenvalue weighted by molar-refractivity contribution is 0.490. The zero-order valence-corrected chi connectivity index (χ0v) is 11.4. The van der Waals surface area contributed by atoms with Crippen molar-refractivity contribution in [1.82, 2.24) is 4.98 Å². The third kappa shape index (κ3) is 2.65. The Morgan fingerprint density at radius 2 is 2.05 bits per heavy atom. The predicted octanol–water partition coefficient (Wildman–Crippen LogP) is 3.17. The second-order valence-corrected chi connectivity index (χ2v) is 5.27. The van der Waals surface area contributed by atoms with E-state index < -0.39 is 0 Å². The fourth-order valence-electron chi connectivity index (χ4n) is 2.84. The summed E-state index contributed by atoms with van der Waals surface area (Å²) >= 11 is 0. The quantitative estimate of drug-likeness (QED) is 0.854. The zero-order chi connectivity index (χ0) is 13.8. The van der Waals surface area contributed by atoms with Crippen molar-refractivity contribution in [2.24, 2.45) is 5.92 Å². The Kier molecular flexibility index (Phi) is 3.64. The van der Waals surface area contributed by atoms with Gasteiger partial charge in [0.15, 0.2) is 0 Å². The number of aromatic nitrogens is 1. The van der Waals surface area contributed by atoms with Gasteiger partial charge in [-0.3, -0.25) is 4.98 Å². The Labute approximate surface area is 119 Å². The monoisotopic (exact) mass is 263 g/mol. The highest BCUT2D eigenvalue weighted by Crippen LogP contribution is 2.30. The van der Waals surface area contributed by atoms with Gasteiger partial charge in [0.2, 0.25) is 0 Å². The maximum absolute atomic E-state index is 8.95. The van der Waals surface area contributed by atoms with Crippen LogP contribution >= 0.6 is 0 Å². The van der Waals surface area contributed by atoms with E-state index in [0.29, 0.717) is 12.3 Å². The third-order valence-electron chi connectivity index (χ3n) is 3.76. The van der Waals surface area contributed by atoms with Crippen LogP contribution in [0.2, 0.25) is 0 Å². The summed E-state index contributed by atoms with van der Waals surface area (Å²) < 4.78 is 0. The van der Waals surface area contributed by atoms with E-state index in [2.05, 4.69) is 46.3 Å². The van der Waals surface area contributed by atoms with Gasteiger partial charge in [0.1, 0.15) is 0 Å². The average Bonchev–Trinajstić information content (AvgIpc) is 2.49. The van der Waals surface area contributed by atoms with Gasteiger partial charge in [-0.25, -0.2) is 0 Å². The SMILES string of the molecule is N#CCC1Cc2ncccc2N(Cc2ccccc2)C1. The van der Waals surface area contributed by atoms with Gasteiger partial charge >= 0.3 is 0 Å². The van der Waals surface area contributed by atoms with E-state index in [4.69, 9.17) is 5.26 Å². The summed E-state index contributed by atoms with van der Waals surface area (Å²) in [6, 6.07) is 16.9. The van der Waals surface area contributed by atoms with Crippen LogP contribution in [0.1, 0.15) is 17.7 Å². The number of hydrogen-bond donors (Lipinski definition) is 0. The number of nitrogens with zero attached hydrogens (tertiary/aromatic N) is 3. The number of anilines is 1. The molecular formula is C17H17N3. The van der Waals surface area contributed by atoms with E-state index in [1.165, 1.54) is 11.3 Å². The third-order valence-corrected chi connectivity index (χ3v) is 3.76. The molecule has 3 heteroatoms. The summed E-state index contributed by atoms with van der Waals surface area (Å²) in [5.74, 6) is 0.381. The predicted molar refractivity (Wildman–Crippen MR) is 79.2 cm³/mol.